The maximum atomic E-state index is 2.23. The summed E-state index contributed by atoms with van der Waals surface area (Å²) < 4.78 is 0. The maximum Gasteiger partial charge on any atom is 0 e. The number of hydrogen-bond acceptors (Lipinski definition) is 0. The van der Waals surface area contributed by atoms with Crippen molar-refractivity contribution in [1.82, 2.24) is 0 Å². The van der Waals surface area contributed by atoms with Crippen molar-refractivity contribution >= 4 is 95.3 Å². The van der Waals surface area contributed by atoms with Crippen LogP contribution in [0.2, 0.25) is 0 Å². The second-order valence-corrected chi connectivity index (χ2v) is 26.2. The van der Waals surface area contributed by atoms with Gasteiger partial charge in [0, 0.05) is 36.9 Å². The van der Waals surface area contributed by atoms with Gasteiger partial charge in [0.25, 0.3) is 0 Å². The molecule has 0 aliphatic rings. The van der Waals surface area contributed by atoms with E-state index in [2.05, 4.69) is 364 Å². The van der Waals surface area contributed by atoms with Gasteiger partial charge in [0.2, 0.25) is 0 Å². The molecule has 0 saturated heterocycles. The van der Waals surface area contributed by atoms with Gasteiger partial charge in [0.1, 0.15) is 0 Å². The third kappa shape index (κ3) is 17.3. The van der Waals surface area contributed by atoms with Gasteiger partial charge >= 0.3 is 0 Å². The van der Waals surface area contributed by atoms with Crippen LogP contribution in [0.1, 0.15) is 0 Å². The van der Waals surface area contributed by atoms with E-state index >= 15 is 0 Å². The van der Waals surface area contributed by atoms with Crippen LogP contribution in [-0.2, 0) is 36.9 Å². The second-order valence-electron chi connectivity index (χ2n) is 17.4. The van der Waals surface area contributed by atoms with E-state index in [1.165, 1.54) is 63.7 Å². The van der Waals surface area contributed by atoms with Gasteiger partial charge in [-0.05, 0) is 95.3 Å². The van der Waals surface area contributed by atoms with Gasteiger partial charge in [-0.2, -0.15) is 0 Å². The Hall–Kier alpha value is -6.48. The minimum atomic E-state index is -0.446. The molecule has 0 fully saturated rings. The fraction of sp³-hybridized carbons (Fsp3) is 0. The largest absolute Gasteiger partial charge is 0.0622 e. The summed E-state index contributed by atoms with van der Waals surface area (Å²) in [5.41, 5.74) is 0. The summed E-state index contributed by atoms with van der Waals surface area (Å²) in [5.74, 6) is 0. The Morgan fingerprint density at radius 1 is 0.115 bits per heavy atom. The van der Waals surface area contributed by atoms with Crippen LogP contribution >= 0.6 is 31.7 Å². The summed E-state index contributed by atoms with van der Waals surface area (Å²) in [4.78, 5) is 0. The van der Waals surface area contributed by atoms with E-state index in [1.54, 1.807) is 0 Å². The molecule has 0 heterocycles. The zero-order valence-corrected chi connectivity index (χ0v) is 49.2. The molecular formula is C72H60NiP4Pd. The summed E-state index contributed by atoms with van der Waals surface area (Å²) >= 11 is 0. The Kier molecular flexibility index (Phi) is 25.1. The van der Waals surface area contributed by atoms with Crippen LogP contribution < -0.4 is 63.7 Å². The standard InChI is InChI=1S/4C18H15P.Ni.Pd/c4*1-4-10-16(11-5-1)19(17-12-6-2-7-13-17)18-14-8-3-9-15-18;;/h4*1-15H;;. The predicted molar refractivity (Wildman–Crippen MR) is 341 cm³/mol. The molecule has 0 radical (unpaired) electrons. The fourth-order valence-corrected chi connectivity index (χ4v) is 17.9. The zero-order chi connectivity index (χ0) is 51.7. The number of benzene rings is 12. The van der Waals surface area contributed by atoms with Crippen LogP contribution in [0.15, 0.2) is 364 Å². The molecule has 12 aromatic carbocycles. The Bertz CT molecular complexity index is 2580. The predicted octanol–water partition coefficient (Wildman–Crippen LogP) is 13.8. The van der Waals surface area contributed by atoms with Crippen molar-refractivity contribution in [3.63, 3.8) is 0 Å². The SMILES string of the molecule is [Ni].[Pd].c1ccc(P(c2ccccc2)c2ccccc2)cc1.c1ccc(P(c2ccccc2)c2ccccc2)cc1.c1ccc(P(c2ccccc2)c2ccccc2)cc1.c1ccc(P(c2ccccc2)c2ccccc2)cc1. The Balaban J connectivity index is 0.000000149. The molecule has 78 heavy (non-hydrogen) atoms. The zero-order valence-electron chi connectivity index (χ0n) is 43.1. The molecule has 0 saturated carbocycles. The molecule has 0 spiro atoms. The average molecular weight is 1210 g/mol. The van der Waals surface area contributed by atoms with Crippen LogP contribution in [0.25, 0.3) is 0 Å². The molecule has 388 valence electrons. The normalized spacial score (nSPS) is 10.3. The van der Waals surface area contributed by atoms with E-state index in [9.17, 15) is 0 Å². The maximum absolute atomic E-state index is 2.23. The molecule has 0 bridgehead atoms. The van der Waals surface area contributed by atoms with Gasteiger partial charge in [-0.1, -0.05) is 364 Å². The molecule has 0 N–H and O–H groups in total. The monoisotopic (exact) mass is 1210 g/mol. The van der Waals surface area contributed by atoms with Gasteiger partial charge in [0.05, 0.1) is 0 Å². The van der Waals surface area contributed by atoms with Gasteiger partial charge in [-0.3, -0.25) is 0 Å². The molecule has 0 amide bonds. The van der Waals surface area contributed by atoms with E-state index in [-0.39, 0.29) is 36.9 Å². The quantitative estimate of drug-likeness (QED) is 0.0845. The first-order chi connectivity index (χ1) is 37.8. The first kappa shape index (κ1) is 59.2. The molecule has 0 atom stereocenters. The van der Waals surface area contributed by atoms with Crippen molar-refractivity contribution in [3.8, 4) is 0 Å². The van der Waals surface area contributed by atoms with E-state index < -0.39 is 31.7 Å². The molecule has 0 aliphatic heterocycles. The van der Waals surface area contributed by atoms with E-state index in [4.69, 9.17) is 0 Å². The molecule has 0 aromatic heterocycles. The summed E-state index contributed by atoms with van der Waals surface area (Å²) in [7, 11) is -1.78. The topological polar surface area (TPSA) is 0 Å². The molecule has 6 heteroatoms. The number of hydrogen-bond donors (Lipinski definition) is 0. The summed E-state index contributed by atoms with van der Waals surface area (Å²) in [6.45, 7) is 0. The third-order valence-electron chi connectivity index (χ3n) is 12.2. The Labute approximate surface area is 492 Å². The van der Waals surface area contributed by atoms with E-state index in [0.717, 1.165) is 0 Å². The van der Waals surface area contributed by atoms with Crippen LogP contribution in [-0.4, -0.2) is 0 Å². The summed E-state index contributed by atoms with van der Waals surface area (Å²) in [5, 5.41) is 16.8. The first-order valence-electron chi connectivity index (χ1n) is 25.6. The van der Waals surface area contributed by atoms with Crippen LogP contribution in [0, 0.1) is 0 Å². The van der Waals surface area contributed by atoms with Crippen molar-refractivity contribution in [3.05, 3.63) is 364 Å². The van der Waals surface area contributed by atoms with Crippen LogP contribution in [0.5, 0.6) is 0 Å². The first-order valence-corrected chi connectivity index (χ1v) is 31.0. The van der Waals surface area contributed by atoms with Gasteiger partial charge in [0.15, 0.2) is 0 Å². The summed E-state index contributed by atoms with van der Waals surface area (Å²) in [6.07, 6.45) is 0. The van der Waals surface area contributed by atoms with Gasteiger partial charge in [-0.15, -0.1) is 0 Å². The number of rotatable bonds is 12. The summed E-state index contributed by atoms with van der Waals surface area (Å²) in [6, 6.07) is 129. The van der Waals surface area contributed by atoms with Crippen molar-refractivity contribution in [2.45, 2.75) is 0 Å². The van der Waals surface area contributed by atoms with Crippen molar-refractivity contribution in [1.29, 1.82) is 0 Å². The van der Waals surface area contributed by atoms with E-state index in [0.29, 0.717) is 0 Å². The van der Waals surface area contributed by atoms with Gasteiger partial charge in [-0.25, -0.2) is 0 Å². The average Bonchev–Trinajstić information content (AvgIpc) is 3.51. The smallest absolute Gasteiger partial charge is 0 e. The van der Waals surface area contributed by atoms with E-state index in [1.807, 2.05) is 0 Å². The third-order valence-corrected chi connectivity index (χ3v) is 21.9. The molecule has 0 nitrogen and oxygen atoms in total. The molecule has 12 rings (SSSR count). The second kappa shape index (κ2) is 33.1. The van der Waals surface area contributed by atoms with Gasteiger partial charge < -0.3 is 0 Å². The minimum Gasteiger partial charge on any atom is -0.0622 e. The van der Waals surface area contributed by atoms with Crippen LogP contribution in [0.3, 0.4) is 0 Å². The van der Waals surface area contributed by atoms with Crippen molar-refractivity contribution in [2.24, 2.45) is 0 Å². The minimum absolute atomic E-state index is 0. The molecule has 0 aliphatic carbocycles. The molecular weight excluding hydrogens is 1150 g/mol. The van der Waals surface area contributed by atoms with Crippen LogP contribution in [0.4, 0.5) is 0 Å². The molecule has 0 unspecified atom stereocenters. The Morgan fingerprint density at radius 2 is 0.179 bits per heavy atom. The van der Waals surface area contributed by atoms with Crippen molar-refractivity contribution in [2.75, 3.05) is 0 Å². The van der Waals surface area contributed by atoms with Crippen molar-refractivity contribution < 1.29 is 36.9 Å². The fourth-order valence-electron chi connectivity index (χ4n) is 8.71. The molecule has 12 aromatic rings. The Morgan fingerprint density at radius 3 is 0.244 bits per heavy atom.